The Bertz CT molecular complexity index is 331. The summed E-state index contributed by atoms with van der Waals surface area (Å²) in [6, 6.07) is 9.93. The van der Waals surface area contributed by atoms with Crippen LogP contribution in [0.2, 0.25) is 0 Å². The molecule has 0 aliphatic heterocycles. The third-order valence-corrected chi connectivity index (χ3v) is 1.86. The molecule has 0 saturated carbocycles. The number of benzene rings is 1. The Hall–Kier alpha value is -1.55. The number of nitriles is 1. The Balaban J connectivity index is 3.15. The van der Waals surface area contributed by atoms with Gasteiger partial charge in [0.15, 0.2) is 0 Å². The smallest absolute Gasteiger partial charge is 0.0991 e. The van der Waals surface area contributed by atoms with E-state index in [0.717, 1.165) is 12.0 Å². The number of rotatable bonds is 2. The molecular weight excluding hydrogens is 146 g/mol. The van der Waals surface area contributed by atoms with Gasteiger partial charge in [0.1, 0.15) is 0 Å². The van der Waals surface area contributed by atoms with Crippen LogP contribution in [0.25, 0.3) is 5.57 Å². The molecule has 0 heterocycles. The van der Waals surface area contributed by atoms with E-state index in [1.165, 1.54) is 5.56 Å². The van der Waals surface area contributed by atoms with Gasteiger partial charge in [-0.25, -0.2) is 0 Å². The minimum Gasteiger partial charge on any atom is -0.192 e. The molecule has 0 atom stereocenters. The molecule has 0 N–H and O–H groups in total. The van der Waals surface area contributed by atoms with Gasteiger partial charge in [0.2, 0.25) is 0 Å². The molecule has 1 heteroatoms. The SMILES string of the molecule is C=C(C#N)c1ccccc1CC. The van der Waals surface area contributed by atoms with Gasteiger partial charge in [0, 0.05) is 0 Å². The van der Waals surface area contributed by atoms with Crippen LogP contribution < -0.4 is 0 Å². The van der Waals surface area contributed by atoms with Crippen molar-refractivity contribution in [3.05, 3.63) is 42.0 Å². The third kappa shape index (κ3) is 1.54. The lowest BCUT2D eigenvalue weighted by Crippen LogP contribution is -1.88. The Morgan fingerprint density at radius 1 is 1.50 bits per heavy atom. The highest BCUT2D eigenvalue weighted by atomic mass is 14.2. The molecule has 1 rings (SSSR count). The van der Waals surface area contributed by atoms with Crippen LogP contribution in [-0.4, -0.2) is 0 Å². The van der Waals surface area contributed by atoms with E-state index >= 15 is 0 Å². The summed E-state index contributed by atoms with van der Waals surface area (Å²) in [5, 5.41) is 8.66. The maximum Gasteiger partial charge on any atom is 0.0991 e. The normalized spacial score (nSPS) is 9.00. The maximum absolute atomic E-state index is 8.66. The van der Waals surface area contributed by atoms with E-state index in [1.54, 1.807) is 0 Å². The van der Waals surface area contributed by atoms with Crippen molar-refractivity contribution in [1.29, 1.82) is 5.26 Å². The summed E-state index contributed by atoms with van der Waals surface area (Å²) in [6.07, 6.45) is 0.941. The van der Waals surface area contributed by atoms with Crippen LogP contribution in [0.4, 0.5) is 0 Å². The fourth-order valence-corrected chi connectivity index (χ4v) is 1.18. The summed E-state index contributed by atoms with van der Waals surface area (Å²) in [5.74, 6) is 0. The van der Waals surface area contributed by atoms with Crippen LogP contribution in [-0.2, 0) is 6.42 Å². The molecule has 0 spiro atoms. The fourth-order valence-electron chi connectivity index (χ4n) is 1.18. The number of aryl methyl sites for hydroxylation is 1. The van der Waals surface area contributed by atoms with Gasteiger partial charge in [-0.05, 0) is 17.5 Å². The van der Waals surface area contributed by atoms with Crippen LogP contribution >= 0.6 is 0 Å². The van der Waals surface area contributed by atoms with Gasteiger partial charge in [0.05, 0.1) is 11.6 Å². The molecular formula is C11H11N. The van der Waals surface area contributed by atoms with E-state index in [9.17, 15) is 0 Å². The molecule has 60 valence electrons. The fraction of sp³-hybridized carbons (Fsp3) is 0.182. The van der Waals surface area contributed by atoms with Crippen molar-refractivity contribution in [2.45, 2.75) is 13.3 Å². The average Bonchev–Trinajstić information content (AvgIpc) is 2.16. The molecule has 12 heavy (non-hydrogen) atoms. The number of nitrogens with zero attached hydrogens (tertiary/aromatic N) is 1. The van der Waals surface area contributed by atoms with Gasteiger partial charge in [-0.15, -0.1) is 0 Å². The van der Waals surface area contributed by atoms with Crippen molar-refractivity contribution in [2.24, 2.45) is 0 Å². The standard InChI is InChI=1S/C11H11N/c1-3-10-6-4-5-7-11(10)9(2)8-12/h4-7H,2-3H2,1H3. The first kappa shape index (κ1) is 8.55. The molecule has 0 fully saturated rings. The van der Waals surface area contributed by atoms with Crippen LogP contribution in [0.1, 0.15) is 18.1 Å². The monoisotopic (exact) mass is 157 g/mol. The Morgan fingerprint density at radius 2 is 2.17 bits per heavy atom. The molecule has 1 aromatic rings. The first-order valence-electron chi connectivity index (χ1n) is 3.97. The summed E-state index contributed by atoms with van der Waals surface area (Å²) in [4.78, 5) is 0. The van der Waals surface area contributed by atoms with Crippen molar-refractivity contribution in [1.82, 2.24) is 0 Å². The van der Waals surface area contributed by atoms with Crippen molar-refractivity contribution in [3.8, 4) is 6.07 Å². The lowest BCUT2D eigenvalue weighted by atomic mass is 10.0. The molecule has 1 aromatic carbocycles. The molecule has 0 unspecified atom stereocenters. The predicted octanol–water partition coefficient (Wildman–Crippen LogP) is 2.79. The summed E-state index contributed by atoms with van der Waals surface area (Å²) in [5.41, 5.74) is 2.71. The van der Waals surface area contributed by atoms with Gasteiger partial charge in [-0.2, -0.15) is 5.26 Å². The number of hydrogen-bond acceptors (Lipinski definition) is 1. The summed E-state index contributed by atoms with van der Waals surface area (Å²) >= 11 is 0. The van der Waals surface area contributed by atoms with Crippen molar-refractivity contribution in [2.75, 3.05) is 0 Å². The van der Waals surface area contributed by atoms with E-state index < -0.39 is 0 Å². The minimum absolute atomic E-state index is 0.549. The summed E-state index contributed by atoms with van der Waals surface area (Å²) < 4.78 is 0. The van der Waals surface area contributed by atoms with Gasteiger partial charge in [-0.3, -0.25) is 0 Å². The maximum atomic E-state index is 8.66. The van der Waals surface area contributed by atoms with Gasteiger partial charge < -0.3 is 0 Å². The van der Waals surface area contributed by atoms with Gasteiger partial charge >= 0.3 is 0 Å². The molecule has 1 nitrogen and oxygen atoms in total. The molecule has 0 amide bonds. The minimum atomic E-state index is 0.549. The Labute approximate surface area is 73.0 Å². The first-order valence-corrected chi connectivity index (χ1v) is 3.97. The number of allylic oxidation sites excluding steroid dienone is 1. The molecule has 0 aliphatic rings. The molecule has 0 aliphatic carbocycles. The van der Waals surface area contributed by atoms with Gasteiger partial charge in [0.25, 0.3) is 0 Å². The van der Waals surface area contributed by atoms with E-state index in [-0.39, 0.29) is 0 Å². The second kappa shape index (κ2) is 3.73. The van der Waals surface area contributed by atoms with Crippen LogP contribution in [0, 0.1) is 11.3 Å². The van der Waals surface area contributed by atoms with E-state index in [2.05, 4.69) is 19.6 Å². The molecule has 0 saturated heterocycles. The quantitative estimate of drug-likeness (QED) is 0.605. The van der Waals surface area contributed by atoms with Crippen molar-refractivity contribution < 1.29 is 0 Å². The highest BCUT2D eigenvalue weighted by molar-refractivity contribution is 5.76. The van der Waals surface area contributed by atoms with E-state index in [1.807, 2.05) is 24.3 Å². The van der Waals surface area contributed by atoms with Crippen LogP contribution in [0.3, 0.4) is 0 Å². The van der Waals surface area contributed by atoms with Crippen molar-refractivity contribution in [3.63, 3.8) is 0 Å². The Morgan fingerprint density at radius 3 is 2.75 bits per heavy atom. The largest absolute Gasteiger partial charge is 0.192 e. The second-order valence-corrected chi connectivity index (χ2v) is 2.60. The summed E-state index contributed by atoms with van der Waals surface area (Å²) in [7, 11) is 0. The lowest BCUT2D eigenvalue weighted by molar-refractivity contribution is 1.13. The zero-order valence-corrected chi connectivity index (χ0v) is 7.17. The zero-order valence-electron chi connectivity index (χ0n) is 7.17. The summed E-state index contributed by atoms with van der Waals surface area (Å²) in [6.45, 7) is 5.76. The Kier molecular flexibility index (Phi) is 2.66. The highest BCUT2D eigenvalue weighted by Gasteiger charge is 2.01. The predicted molar refractivity (Wildman–Crippen MR) is 50.5 cm³/mol. The van der Waals surface area contributed by atoms with E-state index in [0.29, 0.717) is 5.57 Å². The van der Waals surface area contributed by atoms with Gasteiger partial charge in [-0.1, -0.05) is 37.8 Å². The topological polar surface area (TPSA) is 23.8 Å². The highest BCUT2D eigenvalue weighted by Crippen LogP contribution is 2.16. The first-order chi connectivity index (χ1) is 5.79. The molecule has 0 aromatic heterocycles. The third-order valence-electron chi connectivity index (χ3n) is 1.86. The van der Waals surface area contributed by atoms with Crippen LogP contribution in [0.5, 0.6) is 0 Å². The van der Waals surface area contributed by atoms with Crippen LogP contribution in [0.15, 0.2) is 30.8 Å². The van der Waals surface area contributed by atoms with Crippen molar-refractivity contribution >= 4 is 5.57 Å². The second-order valence-electron chi connectivity index (χ2n) is 2.60. The van der Waals surface area contributed by atoms with E-state index in [4.69, 9.17) is 5.26 Å². The average molecular weight is 157 g/mol. The number of hydrogen-bond donors (Lipinski definition) is 0. The lowest BCUT2D eigenvalue weighted by Gasteiger charge is -2.03. The molecule has 0 radical (unpaired) electrons. The zero-order chi connectivity index (χ0) is 8.97. The molecule has 0 bridgehead atoms.